The summed E-state index contributed by atoms with van der Waals surface area (Å²) in [6.45, 7) is 17.1. The van der Waals surface area contributed by atoms with Crippen LogP contribution in [-0.2, 0) is 71.3 Å². The number of esters is 4. The second-order valence-corrected chi connectivity index (χ2v) is 13.0. The molecule has 1 saturated heterocycles. The van der Waals surface area contributed by atoms with E-state index in [9.17, 15) is 24.0 Å². The molecule has 1 heterocycles. The minimum Gasteiger partial charge on any atom is -0.436 e. The molecule has 17 heteroatoms. The van der Waals surface area contributed by atoms with Crippen molar-refractivity contribution in [1.82, 2.24) is 0 Å². The molecule has 284 valence electrons. The van der Waals surface area contributed by atoms with Crippen LogP contribution in [0.15, 0.2) is 0 Å². The Labute approximate surface area is 292 Å². The largest absolute Gasteiger partial charge is 0.436 e. The Kier molecular flexibility index (Phi) is 20.4. The molecule has 1 rings (SSSR count). The fourth-order valence-corrected chi connectivity index (χ4v) is 5.30. The first kappa shape index (κ1) is 44.6. The van der Waals surface area contributed by atoms with E-state index in [1.807, 2.05) is 0 Å². The standard InChI is InChI=1S/C32H55NO15S/c1-12-25(35)41-20(8)40-15-24-27(39-14-3)31(46-23(11)45-30(38)19(7)49-18(6)17(5)34)48-32(47-22(10)44-29(37)16(4)33)28(24)43-21(9)42-26(36)13-2/h16,18-24,27-28,31-32H,12-15,33H2,1-11H3. The molecule has 0 aromatic carbocycles. The molecular formula is C32H55NO15S. The van der Waals surface area contributed by atoms with Crippen LogP contribution in [0, 0.1) is 5.92 Å². The van der Waals surface area contributed by atoms with Gasteiger partial charge in [-0.15, -0.1) is 11.8 Å². The summed E-state index contributed by atoms with van der Waals surface area (Å²) in [6.07, 6.45) is -9.04. The Morgan fingerprint density at radius 3 is 1.65 bits per heavy atom. The van der Waals surface area contributed by atoms with Gasteiger partial charge in [-0.25, -0.2) is 0 Å². The smallest absolute Gasteiger partial charge is 0.324 e. The predicted octanol–water partition coefficient (Wildman–Crippen LogP) is 2.95. The minimum absolute atomic E-state index is 0.0847. The van der Waals surface area contributed by atoms with Gasteiger partial charge >= 0.3 is 23.9 Å². The minimum atomic E-state index is -1.38. The van der Waals surface area contributed by atoms with Crippen LogP contribution >= 0.6 is 11.8 Å². The normalized spacial score (nSPS) is 25.1. The van der Waals surface area contributed by atoms with E-state index in [0.717, 1.165) is 11.8 Å². The molecule has 0 aromatic rings. The van der Waals surface area contributed by atoms with E-state index in [-0.39, 0.29) is 31.8 Å². The van der Waals surface area contributed by atoms with Crippen LogP contribution in [0.1, 0.15) is 89.0 Å². The van der Waals surface area contributed by atoms with Crippen molar-refractivity contribution in [3.8, 4) is 0 Å². The molecular weight excluding hydrogens is 670 g/mol. The van der Waals surface area contributed by atoms with E-state index in [1.54, 1.807) is 34.6 Å². The van der Waals surface area contributed by atoms with Gasteiger partial charge in [0.1, 0.15) is 29.3 Å². The Morgan fingerprint density at radius 1 is 0.673 bits per heavy atom. The molecule has 12 atom stereocenters. The molecule has 0 saturated carbocycles. The fourth-order valence-electron chi connectivity index (χ4n) is 4.33. The molecule has 12 unspecified atom stereocenters. The van der Waals surface area contributed by atoms with Gasteiger partial charge in [0.2, 0.25) is 18.9 Å². The van der Waals surface area contributed by atoms with E-state index >= 15 is 0 Å². The zero-order valence-electron chi connectivity index (χ0n) is 30.4. The quantitative estimate of drug-likeness (QED) is 0.0968. The van der Waals surface area contributed by atoms with E-state index in [2.05, 4.69) is 0 Å². The number of hydrogen-bond acceptors (Lipinski definition) is 17. The fraction of sp³-hybridized carbons (Fsp3) is 0.844. The van der Waals surface area contributed by atoms with Crippen LogP contribution in [0.5, 0.6) is 0 Å². The van der Waals surface area contributed by atoms with Crippen LogP contribution in [0.25, 0.3) is 0 Å². The third-order valence-electron chi connectivity index (χ3n) is 6.95. The highest BCUT2D eigenvalue weighted by atomic mass is 32.2. The third kappa shape index (κ3) is 16.0. The highest BCUT2D eigenvalue weighted by Crippen LogP contribution is 2.35. The second-order valence-electron chi connectivity index (χ2n) is 11.3. The van der Waals surface area contributed by atoms with Crippen LogP contribution in [0.3, 0.4) is 0 Å². The van der Waals surface area contributed by atoms with E-state index < -0.39 is 96.3 Å². The van der Waals surface area contributed by atoms with Gasteiger partial charge in [-0.2, -0.15) is 0 Å². The molecule has 0 amide bonds. The molecule has 2 N–H and O–H groups in total. The lowest BCUT2D eigenvalue weighted by Gasteiger charge is -2.46. The third-order valence-corrected chi connectivity index (χ3v) is 8.29. The van der Waals surface area contributed by atoms with Crippen LogP contribution in [-0.4, -0.2) is 109 Å². The van der Waals surface area contributed by atoms with E-state index in [4.69, 9.17) is 53.1 Å². The zero-order chi connectivity index (χ0) is 37.4. The number of thioether (sulfide) groups is 1. The van der Waals surface area contributed by atoms with Gasteiger partial charge in [0.05, 0.1) is 11.9 Å². The first-order chi connectivity index (χ1) is 22.9. The maximum Gasteiger partial charge on any atom is 0.324 e. The maximum absolute atomic E-state index is 12.9. The highest BCUT2D eigenvalue weighted by molar-refractivity contribution is 8.01. The van der Waals surface area contributed by atoms with Crippen LogP contribution < -0.4 is 5.73 Å². The van der Waals surface area contributed by atoms with Gasteiger partial charge in [0.25, 0.3) is 0 Å². The van der Waals surface area contributed by atoms with Gasteiger partial charge in [0.15, 0.2) is 18.9 Å². The Hall–Kier alpha value is -2.38. The van der Waals surface area contributed by atoms with Crippen LogP contribution in [0.4, 0.5) is 0 Å². The number of carbonyl (C=O) groups is 5. The molecule has 49 heavy (non-hydrogen) atoms. The number of hydrogen-bond donors (Lipinski definition) is 1. The summed E-state index contributed by atoms with van der Waals surface area (Å²) < 4.78 is 57.8. The van der Waals surface area contributed by atoms with Gasteiger partial charge < -0.3 is 53.1 Å². The number of ether oxygens (including phenoxy) is 10. The first-order valence-electron chi connectivity index (χ1n) is 16.5. The van der Waals surface area contributed by atoms with Gasteiger partial charge in [-0.1, -0.05) is 13.8 Å². The lowest BCUT2D eigenvalue weighted by molar-refractivity contribution is -0.397. The summed E-state index contributed by atoms with van der Waals surface area (Å²) in [6, 6.07) is -0.944. The number of carbonyl (C=O) groups excluding carboxylic acids is 5. The van der Waals surface area contributed by atoms with Crippen molar-refractivity contribution in [2.45, 2.75) is 155 Å². The van der Waals surface area contributed by atoms with Gasteiger partial charge in [-0.05, 0) is 62.3 Å². The second kappa shape index (κ2) is 22.4. The Bertz CT molecular complexity index is 1060. The molecule has 0 aromatic heterocycles. The number of rotatable bonds is 22. The predicted molar refractivity (Wildman–Crippen MR) is 174 cm³/mol. The zero-order valence-corrected chi connectivity index (χ0v) is 31.2. The first-order valence-corrected chi connectivity index (χ1v) is 17.4. The van der Waals surface area contributed by atoms with Crippen molar-refractivity contribution < 1.29 is 71.3 Å². The summed E-state index contributed by atoms with van der Waals surface area (Å²) in [4.78, 5) is 60.8. The molecule has 1 aliphatic heterocycles. The topological polar surface area (TPSA) is 204 Å². The van der Waals surface area contributed by atoms with Crippen LogP contribution in [0.2, 0.25) is 0 Å². The lowest BCUT2D eigenvalue weighted by atomic mass is 9.92. The van der Waals surface area contributed by atoms with Crippen molar-refractivity contribution in [3.05, 3.63) is 0 Å². The molecule has 1 aliphatic rings. The summed E-state index contributed by atoms with van der Waals surface area (Å²) in [5, 5.41) is -1.11. The van der Waals surface area contributed by atoms with Gasteiger partial charge in [0, 0.05) is 25.4 Å². The monoisotopic (exact) mass is 725 g/mol. The Morgan fingerprint density at radius 2 is 1.16 bits per heavy atom. The Balaban J connectivity index is 3.48. The van der Waals surface area contributed by atoms with Crippen molar-refractivity contribution in [1.29, 1.82) is 0 Å². The van der Waals surface area contributed by atoms with Crippen molar-refractivity contribution >= 4 is 41.4 Å². The summed E-state index contributed by atoms with van der Waals surface area (Å²) in [5.74, 6) is -3.31. The van der Waals surface area contributed by atoms with Crippen molar-refractivity contribution in [3.63, 3.8) is 0 Å². The number of nitrogens with two attached hydrogens (primary N) is 1. The molecule has 0 aliphatic carbocycles. The average Bonchev–Trinajstić information content (AvgIpc) is 3.01. The molecule has 0 bridgehead atoms. The van der Waals surface area contributed by atoms with Crippen molar-refractivity contribution in [2.24, 2.45) is 11.7 Å². The summed E-state index contributed by atoms with van der Waals surface area (Å²) in [7, 11) is 0. The molecule has 0 radical (unpaired) electrons. The van der Waals surface area contributed by atoms with E-state index in [0.29, 0.717) is 0 Å². The van der Waals surface area contributed by atoms with Gasteiger partial charge in [-0.3, -0.25) is 24.0 Å². The molecule has 1 fully saturated rings. The maximum atomic E-state index is 12.9. The summed E-state index contributed by atoms with van der Waals surface area (Å²) in [5.41, 5.74) is 5.65. The molecule has 0 spiro atoms. The molecule has 16 nitrogen and oxygen atoms in total. The van der Waals surface area contributed by atoms with Crippen molar-refractivity contribution in [2.75, 3.05) is 13.2 Å². The highest BCUT2D eigenvalue weighted by Gasteiger charge is 2.51. The van der Waals surface area contributed by atoms with E-state index in [1.165, 1.54) is 41.5 Å². The summed E-state index contributed by atoms with van der Waals surface area (Å²) >= 11 is 1.14. The SMILES string of the molecule is CCOC1C(OC(C)OC(=O)C(C)SC(C)C(C)=O)OC(OC(C)OC(=O)C(C)N)C(OC(C)OC(=O)CC)C1COC(C)OC(=O)CC. The number of Topliss-reactive ketones (excluding diaryl/α,β-unsaturated/α-hetero) is 1. The number of ketones is 1. The average molecular weight is 726 g/mol. The lowest BCUT2D eigenvalue weighted by Crippen LogP contribution is -2.61.